The first-order chi connectivity index (χ1) is 12.1. The highest BCUT2D eigenvalue weighted by molar-refractivity contribution is 7.98. The molecule has 3 rings (SSSR count). The van der Waals surface area contributed by atoms with E-state index in [9.17, 15) is 14.9 Å². The molecule has 0 saturated carbocycles. The van der Waals surface area contributed by atoms with Gasteiger partial charge in [0.15, 0.2) is 0 Å². The van der Waals surface area contributed by atoms with E-state index in [4.69, 9.17) is 0 Å². The molecule has 0 amide bonds. The molecule has 0 unspecified atom stereocenters. The SMILES string of the molecule is CC(=O)n1cc([C@@H](C[N+](=O)[O-])SCc2ccccc2)c2ccccc21. The molecule has 6 heteroatoms. The molecule has 2 aromatic carbocycles. The third-order valence-electron chi connectivity index (χ3n) is 4.04. The van der Waals surface area contributed by atoms with E-state index >= 15 is 0 Å². The Hall–Kier alpha value is -2.60. The summed E-state index contributed by atoms with van der Waals surface area (Å²) in [7, 11) is 0. The molecule has 0 bridgehead atoms. The minimum absolute atomic E-state index is 0.102. The van der Waals surface area contributed by atoms with Crippen molar-refractivity contribution in [2.24, 2.45) is 0 Å². The maximum Gasteiger partial charge on any atom is 0.227 e. The average Bonchev–Trinajstić information content (AvgIpc) is 2.99. The summed E-state index contributed by atoms with van der Waals surface area (Å²) in [6, 6.07) is 17.4. The summed E-state index contributed by atoms with van der Waals surface area (Å²) in [4.78, 5) is 22.8. The van der Waals surface area contributed by atoms with Crippen LogP contribution in [-0.2, 0) is 5.75 Å². The summed E-state index contributed by atoms with van der Waals surface area (Å²) in [6.45, 7) is 1.32. The van der Waals surface area contributed by atoms with Gasteiger partial charge in [0, 0.05) is 29.2 Å². The summed E-state index contributed by atoms with van der Waals surface area (Å²) in [5, 5.41) is 11.8. The predicted molar refractivity (Wildman–Crippen MR) is 101 cm³/mol. The standard InChI is InChI=1S/C19H18N2O3S/c1-14(22)20-11-17(16-9-5-6-10-18(16)20)19(12-21(23)24)25-13-15-7-3-2-4-8-15/h2-11,19H,12-13H2,1H3/t19-/m1/s1. The van der Waals surface area contributed by atoms with Crippen LogP contribution in [-0.4, -0.2) is 21.9 Å². The Balaban J connectivity index is 1.97. The van der Waals surface area contributed by atoms with Crippen LogP contribution in [0.3, 0.4) is 0 Å². The Morgan fingerprint density at radius 1 is 1.16 bits per heavy atom. The normalized spacial score (nSPS) is 12.2. The lowest BCUT2D eigenvalue weighted by Gasteiger charge is -2.12. The molecule has 0 spiro atoms. The maximum absolute atomic E-state index is 11.9. The molecule has 0 N–H and O–H groups in total. The van der Waals surface area contributed by atoms with Gasteiger partial charge in [0.25, 0.3) is 0 Å². The summed E-state index contributed by atoms with van der Waals surface area (Å²) >= 11 is 1.53. The number of carbonyl (C=O) groups is 1. The Kier molecular flexibility index (Phi) is 5.19. The second-order valence-electron chi connectivity index (χ2n) is 5.79. The van der Waals surface area contributed by atoms with Gasteiger partial charge in [-0.3, -0.25) is 19.5 Å². The number of hydrogen-bond acceptors (Lipinski definition) is 4. The highest BCUT2D eigenvalue weighted by Gasteiger charge is 2.24. The molecule has 1 atom stereocenters. The van der Waals surface area contributed by atoms with Crippen LogP contribution in [0.1, 0.15) is 28.1 Å². The van der Waals surface area contributed by atoms with Gasteiger partial charge < -0.3 is 0 Å². The van der Waals surface area contributed by atoms with Crippen molar-refractivity contribution in [3.05, 3.63) is 82.0 Å². The van der Waals surface area contributed by atoms with Gasteiger partial charge >= 0.3 is 0 Å². The molecule has 128 valence electrons. The number of para-hydroxylation sites is 1. The van der Waals surface area contributed by atoms with Crippen LogP contribution in [0.2, 0.25) is 0 Å². The average molecular weight is 354 g/mol. The lowest BCUT2D eigenvalue weighted by molar-refractivity contribution is -0.479. The number of carbonyl (C=O) groups excluding carboxylic acids is 1. The van der Waals surface area contributed by atoms with E-state index in [1.165, 1.54) is 18.7 Å². The van der Waals surface area contributed by atoms with Gasteiger partial charge in [0.05, 0.1) is 10.8 Å². The molecule has 0 saturated heterocycles. The summed E-state index contributed by atoms with van der Waals surface area (Å²) in [5.74, 6) is 0.578. The molecule has 1 heterocycles. The fraction of sp³-hybridized carbons (Fsp3) is 0.211. The van der Waals surface area contributed by atoms with Gasteiger partial charge in [-0.05, 0) is 17.2 Å². The Morgan fingerprint density at radius 3 is 2.52 bits per heavy atom. The number of benzene rings is 2. The highest BCUT2D eigenvalue weighted by atomic mass is 32.2. The lowest BCUT2D eigenvalue weighted by atomic mass is 10.1. The Labute approximate surface area is 149 Å². The van der Waals surface area contributed by atoms with E-state index in [1.54, 1.807) is 10.8 Å². The first-order valence-electron chi connectivity index (χ1n) is 7.94. The van der Waals surface area contributed by atoms with Crippen molar-refractivity contribution in [1.29, 1.82) is 0 Å². The zero-order valence-electron chi connectivity index (χ0n) is 13.8. The second-order valence-corrected chi connectivity index (χ2v) is 6.98. The van der Waals surface area contributed by atoms with E-state index in [1.807, 2.05) is 54.6 Å². The number of nitro groups is 1. The molecule has 0 radical (unpaired) electrons. The van der Waals surface area contributed by atoms with Gasteiger partial charge in [0.1, 0.15) is 0 Å². The molecular formula is C19H18N2O3S. The monoisotopic (exact) mass is 354 g/mol. The fourth-order valence-electron chi connectivity index (χ4n) is 2.87. The van der Waals surface area contributed by atoms with Gasteiger partial charge in [0.2, 0.25) is 12.5 Å². The molecule has 0 aliphatic heterocycles. The summed E-state index contributed by atoms with van der Waals surface area (Å²) < 4.78 is 1.57. The molecular weight excluding hydrogens is 336 g/mol. The zero-order chi connectivity index (χ0) is 17.8. The van der Waals surface area contributed by atoms with Crippen molar-refractivity contribution < 1.29 is 9.72 Å². The number of nitrogens with zero attached hydrogens (tertiary/aromatic N) is 2. The fourth-order valence-corrected chi connectivity index (χ4v) is 4.05. The third-order valence-corrected chi connectivity index (χ3v) is 5.34. The van der Waals surface area contributed by atoms with E-state index in [0.717, 1.165) is 22.0 Å². The zero-order valence-corrected chi connectivity index (χ0v) is 14.6. The van der Waals surface area contributed by atoms with Crippen LogP contribution in [0.15, 0.2) is 60.8 Å². The van der Waals surface area contributed by atoms with Crippen LogP contribution < -0.4 is 0 Å². The Morgan fingerprint density at radius 2 is 1.84 bits per heavy atom. The first-order valence-corrected chi connectivity index (χ1v) is 8.99. The molecule has 0 aliphatic carbocycles. The molecule has 0 aliphatic rings. The molecule has 25 heavy (non-hydrogen) atoms. The van der Waals surface area contributed by atoms with Crippen molar-refractivity contribution in [2.45, 2.75) is 17.9 Å². The third kappa shape index (κ3) is 3.91. The van der Waals surface area contributed by atoms with Crippen LogP contribution >= 0.6 is 11.8 Å². The molecule has 0 fully saturated rings. The van der Waals surface area contributed by atoms with Gasteiger partial charge in [-0.2, -0.15) is 0 Å². The van der Waals surface area contributed by atoms with Crippen LogP contribution in [0.4, 0.5) is 0 Å². The quantitative estimate of drug-likeness (QED) is 0.481. The van der Waals surface area contributed by atoms with Crippen molar-refractivity contribution in [3.8, 4) is 0 Å². The van der Waals surface area contributed by atoms with Gasteiger partial charge in [-0.15, -0.1) is 11.8 Å². The number of fused-ring (bicyclic) bond motifs is 1. The number of aromatic nitrogens is 1. The van der Waals surface area contributed by atoms with E-state index in [0.29, 0.717) is 5.75 Å². The van der Waals surface area contributed by atoms with E-state index < -0.39 is 0 Å². The molecule has 1 aromatic heterocycles. The highest BCUT2D eigenvalue weighted by Crippen LogP contribution is 2.37. The smallest absolute Gasteiger partial charge is 0.227 e. The first kappa shape index (κ1) is 17.2. The number of rotatable bonds is 6. The van der Waals surface area contributed by atoms with Crippen molar-refractivity contribution >= 4 is 28.6 Å². The summed E-state index contributed by atoms with van der Waals surface area (Å²) in [6.07, 6.45) is 1.75. The van der Waals surface area contributed by atoms with Crippen LogP contribution in [0, 0.1) is 10.1 Å². The van der Waals surface area contributed by atoms with Crippen molar-refractivity contribution in [2.75, 3.05) is 6.54 Å². The number of thioether (sulfide) groups is 1. The van der Waals surface area contributed by atoms with E-state index in [-0.39, 0.29) is 22.6 Å². The number of hydrogen-bond donors (Lipinski definition) is 0. The minimum Gasteiger partial charge on any atom is -0.287 e. The second kappa shape index (κ2) is 7.53. The minimum atomic E-state index is -0.319. The van der Waals surface area contributed by atoms with Crippen LogP contribution in [0.5, 0.6) is 0 Å². The maximum atomic E-state index is 11.9. The largest absolute Gasteiger partial charge is 0.287 e. The summed E-state index contributed by atoms with van der Waals surface area (Å²) in [5.41, 5.74) is 2.75. The predicted octanol–water partition coefficient (Wildman–Crippen LogP) is 4.55. The Bertz CT molecular complexity index is 905. The molecule has 3 aromatic rings. The van der Waals surface area contributed by atoms with Crippen molar-refractivity contribution in [3.63, 3.8) is 0 Å². The van der Waals surface area contributed by atoms with Crippen LogP contribution in [0.25, 0.3) is 10.9 Å². The lowest BCUT2D eigenvalue weighted by Crippen LogP contribution is -2.10. The molecule has 5 nitrogen and oxygen atoms in total. The van der Waals surface area contributed by atoms with E-state index in [2.05, 4.69) is 0 Å². The van der Waals surface area contributed by atoms with Crippen molar-refractivity contribution in [1.82, 2.24) is 4.57 Å². The van der Waals surface area contributed by atoms with Gasteiger partial charge in [-0.1, -0.05) is 48.5 Å². The van der Waals surface area contributed by atoms with Gasteiger partial charge in [-0.25, -0.2) is 0 Å². The topological polar surface area (TPSA) is 65.1 Å².